The minimum Gasteiger partial charge on any atom is -0.329 e. The Labute approximate surface area is 118 Å². The monoisotopic (exact) mass is 301 g/mol. The van der Waals surface area contributed by atoms with Crippen molar-refractivity contribution in [2.75, 3.05) is 18.4 Å². The number of amides is 4. The van der Waals surface area contributed by atoms with Crippen molar-refractivity contribution in [3.05, 3.63) is 28.2 Å². The number of hydrogen-bond donors (Lipinski definition) is 2. The highest BCUT2D eigenvalue weighted by molar-refractivity contribution is 6.39. The second kappa shape index (κ2) is 5.46. The van der Waals surface area contributed by atoms with E-state index in [1.165, 1.54) is 0 Å². The van der Waals surface area contributed by atoms with E-state index in [9.17, 15) is 14.4 Å². The molecule has 2 N–H and O–H groups in total. The minimum atomic E-state index is -0.592. The Kier molecular flexibility index (Phi) is 3.92. The lowest BCUT2D eigenvalue weighted by Gasteiger charge is -2.13. The Balaban J connectivity index is 2.06. The molecule has 100 valence electrons. The van der Waals surface area contributed by atoms with Crippen molar-refractivity contribution in [1.82, 2.24) is 10.2 Å². The maximum absolute atomic E-state index is 11.8. The number of nitrogens with zero attached hydrogens (tertiary/aromatic N) is 1. The first-order valence-corrected chi connectivity index (χ1v) is 6.06. The number of carbonyl (C=O) groups excluding carboxylic acids is 3. The average Bonchev–Trinajstić information content (AvgIpc) is 2.66. The Bertz CT molecular complexity index is 526. The summed E-state index contributed by atoms with van der Waals surface area (Å²) in [7, 11) is 0. The number of rotatable bonds is 3. The molecule has 6 nitrogen and oxygen atoms in total. The second-order valence-corrected chi connectivity index (χ2v) is 4.60. The molecule has 1 aromatic carbocycles. The van der Waals surface area contributed by atoms with E-state index in [1.54, 1.807) is 18.2 Å². The molecule has 1 fully saturated rings. The molecule has 1 heterocycles. The quantitative estimate of drug-likeness (QED) is 0.830. The number of benzene rings is 1. The molecular weight excluding hydrogens is 293 g/mol. The Morgan fingerprint density at radius 2 is 1.95 bits per heavy atom. The summed E-state index contributed by atoms with van der Waals surface area (Å²) in [4.78, 5) is 35.2. The van der Waals surface area contributed by atoms with E-state index in [1.807, 2.05) is 0 Å². The summed E-state index contributed by atoms with van der Waals surface area (Å²) in [6.07, 6.45) is 0. The first kappa shape index (κ1) is 13.6. The van der Waals surface area contributed by atoms with E-state index >= 15 is 0 Å². The summed E-state index contributed by atoms with van der Waals surface area (Å²) >= 11 is 11.8. The standard InChI is InChI=1S/C11H9Cl2N3O3/c12-6-2-1-3-7(13)10(6)15-8(17)5-16-9(18)4-14-11(16)19/h1-3H,4-5H2,(H,14,19)(H,15,17). The smallest absolute Gasteiger partial charge is 0.325 e. The largest absolute Gasteiger partial charge is 0.329 e. The molecule has 4 amide bonds. The molecule has 0 unspecified atom stereocenters. The van der Waals surface area contributed by atoms with Crippen LogP contribution in [0.15, 0.2) is 18.2 Å². The molecule has 1 aliphatic rings. The first-order valence-electron chi connectivity index (χ1n) is 5.31. The zero-order chi connectivity index (χ0) is 14.0. The van der Waals surface area contributed by atoms with Gasteiger partial charge in [-0.3, -0.25) is 14.5 Å². The minimum absolute atomic E-state index is 0.0983. The maximum Gasteiger partial charge on any atom is 0.325 e. The lowest BCUT2D eigenvalue weighted by Crippen LogP contribution is -2.38. The summed E-state index contributed by atoms with van der Waals surface area (Å²) in [5.41, 5.74) is 0.253. The van der Waals surface area contributed by atoms with Crippen LogP contribution in [-0.4, -0.2) is 35.8 Å². The second-order valence-electron chi connectivity index (χ2n) is 3.78. The molecule has 0 radical (unpaired) electrons. The fourth-order valence-corrected chi connectivity index (χ4v) is 2.05. The molecule has 0 saturated carbocycles. The zero-order valence-corrected chi connectivity index (χ0v) is 11.1. The van der Waals surface area contributed by atoms with Crippen molar-refractivity contribution in [1.29, 1.82) is 0 Å². The van der Waals surface area contributed by atoms with Crippen LogP contribution < -0.4 is 10.6 Å². The van der Waals surface area contributed by atoms with Crippen molar-refractivity contribution in [3.8, 4) is 0 Å². The molecule has 0 aromatic heterocycles. The van der Waals surface area contributed by atoms with Crippen LogP contribution in [0.25, 0.3) is 0 Å². The van der Waals surface area contributed by atoms with Gasteiger partial charge in [0.15, 0.2) is 0 Å². The topological polar surface area (TPSA) is 78.5 Å². The predicted octanol–water partition coefficient (Wildman–Crippen LogP) is 1.48. The number of nitrogens with one attached hydrogen (secondary N) is 2. The number of anilines is 1. The van der Waals surface area contributed by atoms with Crippen LogP contribution in [0.1, 0.15) is 0 Å². The molecule has 1 aromatic rings. The van der Waals surface area contributed by atoms with Crippen molar-refractivity contribution in [2.45, 2.75) is 0 Å². The molecular formula is C11H9Cl2N3O3. The fourth-order valence-electron chi connectivity index (χ4n) is 1.56. The van der Waals surface area contributed by atoms with Gasteiger partial charge in [0, 0.05) is 0 Å². The molecule has 2 rings (SSSR count). The van der Waals surface area contributed by atoms with Gasteiger partial charge >= 0.3 is 6.03 Å². The van der Waals surface area contributed by atoms with Gasteiger partial charge < -0.3 is 10.6 Å². The van der Waals surface area contributed by atoms with E-state index < -0.39 is 17.8 Å². The molecule has 0 atom stereocenters. The number of imide groups is 1. The van der Waals surface area contributed by atoms with Crippen LogP contribution in [-0.2, 0) is 9.59 Å². The van der Waals surface area contributed by atoms with Crippen LogP contribution in [0, 0.1) is 0 Å². The third-order valence-electron chi connectivity index (χ3n) is 2.47. The lowest BCUT2D eigenvalue weighted by molar-refractivity contribution is -0.128. The number of carbonyl (C=O) groups is 3. The predicted molar refractivity (Wildman–Crippen MR) is 70.2 cm³/mol. The Morgan fingerprint density at radius 1 is 1.32 bits per heavy atom. The van der Waals surface area contributed by atoms with Gasteiger partial charge in [0.05, 0.1) is 22.3 Å². The van der Waals surface area contributed by atoms with Crippen LogP contribution in [0.4, 0.5) is 10.5 Å². The zero-order valence-electron chi connectivity index (χ0n) is 9.57. The van der Waals surface area contributed by atoms with Gasteiger partial charge in [0.25, 0.3) is 5.91 Å². The normalized spacial score (nSPS) is 14.5. The van der Waals surface area contributed by atoms with Crippen LogP contribution in [0.5, 0.6) is 0 Å². The fraction of sp³-hybridized carbons (Fsp3) is 0.182. The van der Waals surface area contributed by atoms with E-state index in [-0.39, 0.29) is 28.8 Å². The number of hydrogen-bond acceptors (Lipinski definition) is 3. The highest BCUT2D eigenvalue weighted by atomic mass is 35.5. The van der Waals surface area contributed by atoms with Gasteiger partial charge in [-0.1, -0.05) is 29.3 Å². The first-order chi connectivity index (χ1) is 8.99. The summed E-state index contributed by atoms with van der Waals surface area (Å²) < 4.78 is 0. The molecule has 0 aliphatic carbocycles. The summed E-state index contributed by atoms with van der Waals surface area (Å²) in [5, 5.41) is 5.34. The van der Waals surface area contributed by atoms with Crippen molar-refractivity contribution in [3.63, 3.8) is 0 Å². The lowest BCUT2D eigenvalue weighted by atomic mass is 10.3. The third kappa shape index (κ3) is 2.97. The van der Waals surface area contributed by atoms with Crippen molar-refractivity contribution < 1.29 is 14.4 Å². The average molecular weight is 302 g/mol. The number of halogens is 2. The summed E-state index contributed by atoms with van der Waals surface area (Å²) in [5.74, 6) is -1.01. The van der Waals surface area contributed by atoms with E-state index in [2.05, 4.69) is 10.6 Å². The molecule has 19 heavy (non-hydrogen) atoms. The van der Waals surface area contributed by atoms with Crippen molar-refractivity contribution in [2.24, 2.45) is 0 Å². The van der Waals surface area contributed by atoms with Crippen LogP contribution >= 0.6 is 23.2 Å². The molecule has 0 bridgehead atoms. The molecule has 0 spiro atoms. The third-order valence-corrected chi connectivity index (χ3v) is 3.10. The van der Waals surface area contributed by atoms with E-state index in [0.29, 0.717) is 0 Å². The van der Waals surface area contributed by atoms with E-state index in [4.69, 9.17) is 23.2 Å². The summed E-state index contributed by atoms with van der Waals surface area (Å²) in [6, 6.07) is 4.18. The highest BCUT2D eigenvalue weighted by Crippen LogP contribution is 2.29. The van der Waals surface area contributed by atoms with Gasteiger partial charge in [0.2, 0.25) is 5.91 Å². The van der Waals surface area contributed by atoms with E-state index in [0.717, 1.165) is 4.90 Å². The molecule has 1 saturated heterocycles. The Hall–Kier alpha value is -1.79. The van der Waals surface area contributed by atoms with Crippen LogP contribution in [0.2, 0.25) is 10.0 Å². The van der Waals surface area contributed by atoms with Gasteiger partial charge in [-0.2, -0.15) is 0 Å². The SMILES string of the molecule is O=C(CN1C(=O)CNC1=O)Nc1c(Cl)cccc1Cl. The van der Waals surface area contributed by atoms with Gasteiger partial charge in [-0.15, -0.1) is 0 Å². The Morgan fingerprint density at radius 3 is 2.47 bits per heavy atom. The number of para-hydroxylation sites is 1. The molecule has 1 aliphatic heterocycles. The number of urea groups is 1. The van der Waals surface area contributed by atoms with Gasteiger partial charge in [-0.05, 0) is 12.1 Å². The van der Waals surface area contributed by atoms with Gasteiger partial charge in [-0.25, -0.2) is 4.79 Å². The van der Waals surface area contributed by atoms with Gasteiger partial charge in [0.1, 0.15) is 6.54 Å². The highest BCUT2D eigenvalue weighted by Gasteiger charge is 2.30. The van der Waals surface area contributed by atoms with Crippen molar-refractivity contribution >= 4 is 46.7 Å². The van der Waals surface area contributed by atoms with Crippen LogP contribution in [0.3, 0.4) is 0 Å². The maximum atomic E-state index is 11.8. The molecule has 8 heteroatoms. The summed E-state index contributed by atoms with van der Waals surface area (Å²) in [6.45, 7) is -0.481.